The van der Waals surface area contributed by atoms with Gasteiger partial charge in [-0.25, -0.2) is 8.96 Å². The van der Waals surface area contributed by atoms with Crippen LogP contribution in [0.3, 0.4) is 0 Å². The molecule has 3 heteroatoms. The number of pyridine rings is 1. The number of rotatable bonds is 1. The van der Waals surface area contributed by atoms with Crippen molar-refractivity contribution in [1.82, 2.24) is 0 Å². The largest absolute Gasteiger partial charge is 0.455 e. The van der Waals surface area contributed by atoms with Crippen LogP contribution in [0.4, 0.5) is 4.39 Å². The second-order valence-electron chi connectivity index (χ2n) is 5.55. The Labute approximate surface area is 127 Å². The molecule has 0 unspecified atom stereocenters. The summed E-state index contributed by atoms with van der Waals surface area (Å²) in [6.45, 7) is 1.91. The van der Waals surface area contributed by atoms with Crippen molar-refractivity contribution in [3.63, 3.8) is 0 Å². The minimum atomic E-state index is -0.236. The summed E-state index contributed by atoms with van der Waals surface area (Å²) < 4.78 is 22.6. The highest BCUT2D eigenvalue weighted by atomic mass is 19.1. The highest BCUT2D eigenvalue weighted by Crippen LogP contribution is 2.38. The van der Waals surface area contributed by atoms with Gasteiger partial charge in [0.15, 0.2) is 11.8 Å². The summed E-state index contributed by atoms with van der Waals surface area (Å²) in [5, 5.41) is 1.37. The van der Waals surface area contributed by atoms with Crippen molar-refractivity contribution in [3.8, 4) is 11.3 Å². The molecule has 108 valence electrons. The predicted octanol–water partition coefficient (Wildman–Crippen LogP) is 4.53. The van der Waals surface area contributed by atoms with Crippen LogP contribution in [-0.4, -0.2) is 0 Å². The van der Waals surface area contributed by atoms with Gasteiger partial charge in [-0.15, -0.1) is 0 Å². The molecule has 0 aliphatic rings. The fraction of sp³-hybridized carbons (Fsp3) is 0.105. The number of halogens is 1. The van der Waals surface area contributed by atoms with E-state index < -0.39 is 0 Å². The quantitative estimate of drug-likeness (QED) is 0.471. The fourth-order valence-electron chi connectivity index (χ4n) is 3.07. The zero-order valence-electron chi connectivity index (χ0n) is 12.4. The molecule has 22 heavy (non-hydrogen) atoms. The van der Waals surface area contributed by atoms with Crippen molar-refractivity contribution in [1.29, 1.82) is 0 Å². The molecule has 2 heterocycles. The van der Waals surface area contributed by atoms with Gasteiger partial charge in [-0.1, -0.05) is 18.2 Å². The highest BCUT2D eigenvalue weighted by molar-refractivity contribution is 6.10. The normalized spacial score (nSPS) is 11.4. The Balaban J connectivity index is 2.22. The second kappa shape index (κ2) is 4.67. The third-order valence-electron chi connectivity index (χ3n) is 4.11. The van der Waals surface area contributed by atoms with Crippen molar-refractivity contribution >= 4 is 21.9 Å². The van der Waals surface area contributed by atoms with Crippen LogP contribution in [0.25, 0.3) is 33.2 Å². The van der Waals surface area contributed by atoms with Crippen LogP contribution in [0.2, 0.25) is 0 Å². The van der Waals surface area contributed by atoms with Gasteiger partial charge in [0, 0.05) is 17.5 Å². The Morgan fingerprint density at radius 1 is 1.05 bits per heavy atom. The topological polar surface area (TPSA) is 17.0 Å². The minimum absolute atomic E-state index is 0.236. The molecule has 4 rings (SSSR count). The van der Waals surface area contributed by atoms with Crippen molar-refractivity contribution in [2.75, 3.05) is 0 Å². The molecule has 0 radical (unpaired) electrons. The van der Waals surface area contributed by atoms with Crippen molar-refractivity contribution < 1.29 is 13.4 Å². The van der Waals surface area contributed by atoms with E-state index in [0.717, 1.165) is 22.2 Å². The Hall–Kier alpha value is -2.68. The summed E-state index contributed by atoms with van der Waals surface area (Å²) >= 11 is 0. The predicted molar refractivity (Wildman–Crippen MR) is 85.0 cm³/mol. The van der Waals surface area contributed by atoms with Gasteiger partial charge in [0.2, 0.25) is 5.69 Å². The van der Waals surface area contributed by atoms with Crippen LogP contribution < -0.4 is 4.57 Å². The summed E-state index contributed by atoms with van der Waals surface area (Å²) in [7, 11) is 1.98. The molecule has 4 aromatic rings. The minimum Gasteiger partial charge on any atom is -0.455 e. The Kier molecular flexibility index (Phi) is 2.76. The summed E-state index contributed by atoms with van der Waals surface area (Å²) in [5.74, 6) is -0.236. The van der Waals surface area contributed by atoms with Crippen LogP contribution in [0.15, 0.2) is 59.1 Å². The Morgan fingerprint density at radius 3 is 2.64 bits per heavy atom. The maximum atomic E-state index is 14.5. The lowest BCUT2D eigenvalue weighted by atomic mass is 10.00. The van der Waals surface area contributed by atoms with Gasteiger partial charge in [0.25, 0.3) is 0 Å². The van der Waals surface area contributed by atoms with Crippen LogP contribution in [-0.2, 0) is 7.05 Å². The zero-order chi connectivity index (χ0) is 15.3. The third-order valence-corrected chi connectivity index (χ3v) is 4.11. The molecule has 0 fully saturated rings. The summed E-state index contributed by atoms with van der Waals surface area (Å²) in [4.78, 5) is 0. The molecule has 0 saturated heterocycles. The lowest BCUT2D eigenvalue weighted by Gasteiger charge is -2.06. The molecule has 0 aliphatic carbocycles. The van der Waals surface area contributed by atoms with Crippen molar-refractivity contribution in [2.24, 2.45) is 7.05 Å². The lowest BCUT2D eigenvalue weighted by molar-refractivity contribution is -0.660. The molecule has 0 amide bonds. The van der Waals surface area contributed by atoms with E-state index in [-0.39, 0.29) is 5.82 Å². The number of hydrogen-bond acceptors (Lipinski definition) is 1. The first-order chi connectivity index (χ1) is 10.7. The SMILES string of the molecule is Cc1cc(F)c2c(oc3ccccc32)c1-c1cccc[n+]1C. The zero-order valence-corrected chi connectivity index (χ0v) is 12.4. The number of aryl methyl sites for hydroxylation is 2. The molecule has 0 aliphatic heterocycles. The number of hydrogen-bond donors (Lipinski definition) is 0. The highest BCUT2D eigenvalue weighted by Gasteiger charge is 2.22. The summed E-state index contributed by atoms with van der Waals surface area (Å²) in [5.41, 5.74) is 4.13. The maximum Gasteiger partial charge on any atom is 0.216 e. The van der Waals surface area contributed by atoms with Gasteiger partial charge in [0.1, 0.15) is 18.4 Å². The van der Waals surface area contributed by atoms with E-state index in [2.05, 4.69) is 0 Å². The first-order valence-corrected chi connectivity index (χ1v) is 7.22. The average molecular weight is 292 g/mol. The van der Waals surface area contributed by atoms with E-state index in [0.29, 0.717) is 16.6 Å². The van der Waals surface area contributed by atoms with E-state index in [1.807, 2.05) is 67.2 Å². The molecule has 2 aromatic carbocycles. The van der Waals surface area contributed by atoms with Gasteiger partial charge in [0.05, 0.1) is 10.9 Å². The van der Waals surface area contributed by atoms with E-state index >= 15 is 0 Å². The first kappa shape index (κ1) is 13.0. The molecule has 2 aromatic heterocycles. The van der Waals surface area contributed by atoms with Crippen LogP contribution in [0.5, 0.6) is 0 Å². The molecular weight excluding hydrogens is 277 g/mol. The number of nitrogens with zero attached hydrogens (tertiary/aromatic N) is 1. The van der Waals surface area contributed by atoms with E-state index in [9.17, 15) is 4.39 Å². The van der Waals surface area contributed by atoms with Gasteiger partial charge in [-0.05, 0) is 30.7 Å². The van der Waals surface area contributed by atoms with Gasteiger partial charge < -0.3 is 4.42 Å². The molecule has 0 atom stereocenters. The fourth-order valence-corrected chi connectivity index (χ4v) is 3.07. The van der Waals surface area contributed by atoms with E-state index in [1.54, 1.807) is 6.07 Å². The van der Waals surface area contributed by atoms with Crippen molar-refractivity contribution in [2.45, 2.75) is 6.92 Å². The summed E-state index contributed by atoms with van der Waals surface area (Å²) in [6.07, 6.45) is 1.98. The molecular formula is C19H15FNO+. The number of furan rings is 1. The van der Waals surface area contributed by atoms with Gasteiger partial charge in [-0.2, -0.15) is 0 Å². The van der Waals surface area contributed by atoms with Crippen LogP contribution >= 0.6 is 0 Å². The lowest BCUT2D eigenvalue weighted by Crippen LogP contribution is -2.30. The number of benzene rings is 2. The standard InChI is InChI=1S/C19H15FNO/c1-12-11-14(20)18-13-7-3-4-9-16(13)22-19(18)17(12)15-8-5-6-10-21(15)2/h3-11H,1-2H3/q+1. The number of fused-ring (bicyclic) bond motifs is 3. The van der Waals surface area contributed by atoms with Gasteiger partial charge >= 0.3 is 0 Å². The molecule has 0 N–H and O–H groups in total. The molecule has 2 nitrogen and oxygen atoms in total. The van der Waals surface area contributed by atoms with E-state index in [4.69, 9.17) is 4.42 Å². The average Bonchev–Trinajstić information content (AvgIpc) is 2.88. The van der Waals surface area contributed by atoms with E-state index in [1.165, 1.54) is 0 Å². The molecule has 0 bridgehead atoms. The summed E-state index contributed by atoms with van der Waals surface area (Å²) in [6, 6.07) is 15.1. The second-order valence-corrected chi connectivity index (χ2v) is 5.55. The first-order valence-electron chi connectivity index (χ1n) is 7.22. The van der Waals surface area contributed by atoms with Crippen LogP contribution in [0, 0.1) is 12.7 Å². The smallest absolute Gasteiger partial charge is 0.216 e. The van der Waals surface area contributed by atoms with Crippen LogP contribution in [0.1, 0.15) is 5.56 Å². The molecule has 0 spiro atoms. The monoisotopic (exact) mass is 292 g/mol. The molecule has 0 saturated carbocycles. The number of para-hydroxylation sites is 1. The Morgan fingerprint density at radius 2 is 1.82 bits per heavy atom. The van der Waals surface area contributed by atoms with Gasteiger partial charge in [-0.3, -0.25) is 0 Å². The Bertz CT molecular complexity index is 1020. The number of aromatic nitrogens is 1. The van der Waals surface area contributed by atoms with Crippen molar-refractivity contribution in [3.05, 3.63) is 66.1 Å². The third kappa shape index (κ3) is 1.75. The maximum absolute atomic E-state index is 14.5.